The van der Waals surface area contributed by atoms with Gasteiger partial charge < -0.3 is 18.9 Å². The summed E-state index contributed by atoms with van der Waals surface area (Å²) in [5.74, 6) is 0.658. The first-order valence-electron chi connectivity index (χ1n) is 10.6. The van der Waals surface area contributed by atoms with E-state index >= 15 is 0 Å². The Labute approximate surface area is 189 Å². The Morgan fingerprint density at radius 3 is 2.25 bits per heavy atom. The van der Waals surface area contributed by atoms with Crippen molar-refractivity contribution < 1.29 is 23.7 Å². The fraction of sp³-hybridized carbons (Fsp3) is 0.455. The number of benzene rings is 1. The number of carbonyl (C=O) groups is 1. The molecule has 0 amide bonds. The zero-order chi connectivity index (χ0) is 23.1. The highest BCUT2D eigenvalue weighted by Crippen LogP contribution is 2.39. The number of aryl methyl sites for hydroxylation is 1. The van der Waals surface area contributed by atoms with Gasteiger partial charge in [-0.3, -0.25) is 4.79 Å². The van der Waals surface area contributed by atoms with Crippen LogP contribution in [0, 0.1) is 0 Å². The average Bonchev–Trinajstić information content (AvgIpc) is 3.18. The molecule has 2 aromatic heterocycles. The average molecular weight is 462 g/mol. The number of esters is 1. The summed E-state index contributed by atoms with van der Waals surface area (Å²) in [6, 6.07) is 4.45. The van der Waals surface area contributed by atoms with Crippen LogP contribution in [-0.4, -0.2) is 40.4 Å². The summed E-state index contributed by atoms with van der Waals surface area (Å²) >= 11 is 1.36. The summed E-state index contributed by atoms with van der Waals surface area (Å²) in [4.78, 5) is 30.0. The molecule has 0 unspecified atom stereocenters. The summed E-state index contributed by atoms with van der Waals surface area (Å²) in [5.41, 5.74) is 0.301. The minimum absolute atomic E-state index is 0.146. The largest absolute Gasteiger partial charge is 0.490 e. The highest BCUT2D eigenvalue weighted by atomic mass is 32.1. The molecule has 172 valence electrons. The van der Waals surface area contributed by atoms with Gasteiger partial charge in [-0.2, -0.15) is 9.61 Å². The van der Waals surface area contributed by atoms with Gasteiger partial charge in [0.15, 0.2) is 11.5 Å². The number of hydrogen-bond acceptors (Lipinski definition) is 9. The molecule has 3 aromatic rings. The van der Waals surface area contributed by atoms with E-state index in [9.17, 15) is 9.59 Å². The van der Waals surface area contributed by atoms with Crippen LogP contribution in [0.2, 0.25) is 0 Å². The van der Waals surface area contributed by atoms with E-state index in [0.717, 1.165) is 17.8 Å². The molecule has 9 nitrogen and oxygen atoms in total. The van der Waals surface area contributed by atoms with E-state index in [0.29, 0.717) is 47.7 Å². The van der Waals surface area contributed by atoms with Crippen LogP contribution in [0.15, 0.2) is 23.0 Å². The second-order valence-electron chi connectivity index (χ2n) is 6.70. The number of fused-ring (bicyclic) bond motifs is 1. The van der Waals surface area contributed by atoms with Crippen LogP contribution < -0.4 is 19.8 Å². The lowest BCUT2D eigenvalue weighted by Gasteiger charge is -2.16. The predicted molar refractivity (Wildman–Crippen MR) is 120 cm³/mol. The minimum Gasteiger partial charge on any atom is -0.490 e. The molecule has 0 saturated carbocycles. The lowest BCUT2D eigenvalue weighted by Crippen LogP contribution is -2.17. The van der Waals surface area contributed by atoms with Crippen molar-refractivity contribution in [1.29, 1.82) is 0 Å². The van der Waals surface area contributed by atoms with Gasteiger partial charge in [0.1, 0.15) is 11.6 Å². The predicted octanol–water partition coefficient (Wildman–Crippen LogP) is 3.66. The molecule has 0 atom stereocenters. The summed E-state index contributed by atoms with van der Waals surface area (Å²) in [5, 5.41) is 5.12. The van der Waals surface area contributed by atoms with E-state index in [2.05, 4.69) is 10.1 Å². The zero-order valence-electron chi connectivity index (χ0n) is 18.7. The second-order valence-corrected chi connectivity index (χ2v) is 7.74. The van der Waals surface area contributed by atoms with Crippen molar-refractivity contribution in [3.05, 3.63) is 44.8 Å². The SMILES string of the molecule is CCCc1nn2c(=O)cc(COC(=O)c3cc(OCC)c(OCC)c(OCC)c3)nc2s1. The number of ether oxygens (including phenoxy) is 4. The smallest absolute Gasteiger partial charge is 0.338 e. The van der Waals surface area contributed by atoms with Crippen LogP contribution >= 0.6 is 11.3 Å². The van der Waals surface area contributed by atoms with Gasteiger partial charge in [-0.15, -0.1) is 0 Å². The molecule has 0 N–H and O–H groups in total. The number of rotatable bonds is 11. The second kappa shape index (κ2) is 10.9. The van der Waals surface area contributed by atoms with Crippen LogP contribution in [0.1, 0.15) is 55.2 Å². The van der Waals surface area contributed by atoms with E-state index in [1.807, 2.05) is 27.7 Å². The van der Waals surface area contributed by atoms with E-state index in [1.165, 1.54) is 21.9 Å². The first kappa shape index (κ1) is 23.5. The summed E-state index contributed by atoms with van der Waals surface area (Å²) in [6.45, 7) is 8.65. The monoisotopic (exact) mass is 461 g/mol. The van der Waals surface area contributed by atoms with E-state index in [4.69, 9.17) is 18.9 Å². The maximum Gasteiger partial charge on any atom is 0.338 e. The normalized spacial score (nSPS) is 10.9. The molecule has 10 heteroatoms. The van der Waals surface area contributed by atoms with Crippen LogP contribution in [0.5, 0.6) is 17.2 Å². The number of nitrogens with zero attached hydrogens (tertiary/aromatic N) is 3. The van der Waals surface area contributed by atoms with Gasteiger partial charge in [0.25, 0.3) is 5.56 Å². The van der Waals surface area contributed by atoms with Crippen molar-refractivity contribution in [2.24, 2.45) is 0 Å². The first-order chi connectivity index (χ1) is 15.5. The molecule has 0 saturated heterocycles. The van der Waals surface area contributed by atoms with E-state index < -0.39 is 5.97 Å². The van der Waals surface area contributed by atoms with Crippen LogP contribution in [-0.2, 0) is 17.8 Å². The van der Waals surface area contributed by atoms with Crippen LogP contribution in [0.25, 0.3) is 4.96 Å². The Balaban J connectivity index is 1.82. The molecule has 0 radical (unpaired) electrons. The summed E-state index contributed by atoms with van der Waals surface area (Å²) in [6.07, 6.45) is 1.70. The fourth-order valence-corrected chi connectivity index (χ4v) is 4.03. The van der Waals surface area contributed by atoms with Gasteiger partial charge in [-0.05, 0) is 39.3 Å². The maximum absolute atomic E-state index is 12.7. The molecule has 0 fully saturated rings. The number of hydrogen-bond donors (Lipinski definition) is 0. The number of aromatic nitrogens is 3. The molecule has 0 aliphatic heterocycles. The van der Waals surface area contributed by atoms with Crippen molar-refractivity contribution in [2.75, 3.05) is 19.8 Å². The third-order valence-corrected chi connectivity index (χ3v) is 5.27. The van der Waals surface area contributed by atoms with E-state index in [1.54, 1.807) is 12.1 Å². The Morgan fingerprint density at radius 2 is 1.66 bits per heavy atom. The Bertz CT molecular complexity index is 1110. The molecule has 0 spiro atoms. The third-order valence-electron chi connectivity index (χ3n) is 4.30. The standard InChI is InChI=1S/C22H27N3O6S/c1-5-9-18-24-25-19(26)12-15(23-22(25)32-18)13-31-21(27)14-10-16(28-6-2)20(30-8-4)17(11-14)29-7-3/h10-12H,5-9,13H2,1-4H3. The molecular formula is C22H27N3O6S. The molecular weight excluding hydrogens is 434 g/mol. The Hall–Kier alpha value is -3.14. The first-order valence-corrected chi connectivity index (χ1v) is 11.4. The van der Waals surface area contributed by atoms with Crippen molar-refractivity contribution >= 4 is 22.3 Å². The fourth-order valence-electron chi connectivity index (χ4n) is 3.01. The van der Waals surface area contributed by atoms with Gasteiger partial charge in [0.05, 0.1) is 31.1 Å². The molecule has 1 aromatic carbocycles. The Morgan fingerprint density at radius 1 is 1.00 bits per heavy atom. The van der Waals surface area contributed by atoms with Gasteiger partial charge in [0.2, 0.25) is 10.7 Å². The van der Waals surface area contributed by atoms with Gasteiger partial charge in [0, 0.05) is 12.5 Å². The maximum atomic E-state index is 12.7. The Kier molecular flexibility index (Phi) is 8.04. The van der Waals surface area contributed by atoms with Crippen molar-refractivity contribution in [2.45, 2.75) is 47.1 Å². The summed E-state index contributed by atoms with van der Waals surface area (Å²) in [7, 11) is 0. The zero-order valence-corrected chi connectivity index (χ0v) is 19.5. The van der Waals surface area contributed by atoms with Gasteiger partial charge in [-0.25, -0.2) is 9.78 Å². The van der Waals surface area contributed by atoms with Crippen molar-refractivity contribution in [3.8, 4) is 17.2 Å². The lowest BCUT2D eigenvalue weighted by molar-refractivity contribution is 0.0466. The topological polar surface area (TPSA) is 101 Å². The highest BCUT2D eigenvalue weighted by Gasteiger charge is 2.19. The minimum atomic E-state index is -0.590. The molecule has 3 rings (SSSR count). The van der Waals surface area contributed by atoms with Crippen molar-refractivity contribution in [3.63, 3.8) is 0 Å². The quantitative estimate of drug-likeness (QED) is 0.399. The van der Waals surface area contributed by atoms with Gasteiger partial charge >= 0.3 is 5.97 Å². The summed E-state index contributed by atoms with van der Waals surface area (Å²) < 4.78 is 23.6. The molecule has 0 aliphatic carbocycles. The van der Waals surface area contributed by atoms with Crippen molar-refractivity contribution in [1.82, 2.24) is 14.6 Å². The van der Waals surface area contributed by atoms with Crippen LogP contribution in [0.3, 0.4) is 0 Å². The highest BCUT2D eigenvalue weighted by molar-refractivity contribution is 7.16. The molecule has 2 heterocycles. The lowest BCUT2D eigenvalue weighted by atomic mass is 10.2. The third kappa shape index (κ3) is 5.37. The number of carbonyl (C=O) groups excluding carboxylic acids is 1. The molecule has 32 heavy (non-hydrogen) atoms. The molecule has 0 bridgehead atoms. The molecule has 0 aliphatic rings. The van der Waals surface area contributed by atoms with Crippen LogP contribution in [0.4, 0.5) is 0 Å². The van der Waals surface area contributed by atoms with Gasteiger partial charge in [-0.1, -0.05) is 18.3 Å². The van der Waals surface area contributed by atoms with E-state index in [-0.39, 0.29) is 17.7 Å².